The van der Waals surface area contributed by atoms with Crippen LogP contribution >= 0.6 is 0 Å². The predicted molar refractivity (Wildman–Crippen MR) is 77.4 cm³/mol. The van der Waals surface area contributed by atoms with E-state index in [1.165, 1.54) is 51.4 Å². The first-order valence-electron chi connectivity index (χ1n) is 7.86. The van der Waals surface area contributed by atoms with Crippen molar-refractivity contribution in [1.29, 1.82) is 0 Å². The zero-order valence-corrected chi connectivity index (χ0v) is 16.3. The minimum Gasteiger partial charge on any atom is -0.381 e. The molecule has 0 aromatic rings. The van der Waals surface area contributed by atoms with Crippen molar-refractivity contribution in [3.8, 4) is 0 Å². The summed E-state index contributed by atoms with van der Waals surface area (Å²) in [4.78, 5) is 0. The van der Waals surface area contributed by atoms with Crippen molar-refractivity contribution >= 4 is 0 Å². The summed E-state index contributed by atoms with van der Waals surface area (Å²) in [5, 5.41) is 0. The van der Waals surface area contributed by atoms with Crippen molar-refractivity contribution in [3.05, 3.63) is 0 Å². The van der Waals surface area contributed by atoms with E-state index in [2.05, 4.69) is 27.7 Å². The Balaban J connectivity index is 0. The molecule has 0 rings (SSSR count). The topological polar surface area (TPSA) is 9.23 Å². The molecule has 2 unspecified atom stereocenters. The van der Waals surface area contributed by atoms with Gasteiger partial charge in [-0.3, -0.25) is 0 Å². The molecule has 0 radical (unpaired) electrons. The van der Waals surface area contributed by atoms with Gasteiger partial charge in [0.25, 0.3) is 0 Å². The fourth-order valence-corrected chi connectivity index (χ4v) is 2.20. The molecule has 0 N–H and O–H groups in total. The van der Waals surface area contributed by atoms with Crippen molar-refractivity contribution < 1.29 is 45.6 Å². The maximum atomic E-state index is 5.93. The Morgan fingerprint density at radius 2 is 1.11 bits per heavy atom. The molecule has 18 heavy (non-hydrogen) atoms. The third kappa shape index (κ3) is 12.3. The summed E-state index contributed by atoms with van der Waals surface area (Å²) < 4.78 is 5.93. The van der Waals surface area contributed by atoms with Crippen molar-refractivity contribution in [2.75, 3.05) is 13.2 Å². The number of hydrogen-bond donors (Lipinski definition) is 0. The van der Waals surface area contributed by atoms with E-state index >= 15 is 0 Å². The standard InChI is InChI=1S/C16H34O.Nd/c1-5-9-11-15(7-3)13-17-14-16(8-4)12-10-6-2;/h15-16H,5-14H2,1-4H3;. The van der Waals surface area contributed by atoms with Crippen LogP contribution in [0.3, 0.4) is 0 Å². The Labute approximate surface area is 148 Å². The monoisotopic (exact) mass is 384 g/mol. The molecule has 1 nitrogen and oxygen atoms in total. The summed E-state index contributed by atoms with van der Waals surface area (Å²) in [6.07, 6.45) is 10.6. The summed E-state index contributed by atoms with van der Waals surface area (Å²) in [5.74, 6) is 1.58. The van der Waals surface area contributed by atoms with E-state index in [1.54, 1.807) is 0 Å². The average molecular weight is 387 g/mol. The molecule has 0 heterocycles. The van der Waals surface area contributed by atoms with E-state index in [1.807, 2.05) is 0 Å². The Kier molecular flexibility index (Phi) is 19.6. The summed E-state index contributed by atoms with van der Waals surface area (Å²) in [6, 6.07) is 0. The summed E-state index contributed by atoms with van der Waals surface area (Å²) in [7, 11) is 0. The van der Waals surface area contributed by atoms with Gasteiger partial charge in [0.2, 0.25) is 0 Å². The van der Waals surface area contributed by atoms with Gasteiger partial charge >= 0.3 is 0 Å². The van der Waals surface area contributed by atoms with E-state index in [-0.39, 0.29) is 40.8 Å². The Morgan fingerprint density at radius 1 is 0.722 bits per heavy atom. The van der Waals surface area contributed by atoms with Crippen LogP contribution in [-0.2, 0) is 4.74 Å². The van der Waals surface area contributed by atoms with E-state index in [9.17, 15) is 0 Å². The molecule has 0 fully saturated rings. The number of hydrogen-bond acceptors (Lipinski definition) is 1. The Morgan fingerprint density at radius 3 is 1.39 bits per heavy atom. The van der Waals surface area contributed by atoms with Crippen LogP contribution in [0.15, 0.2) is 0 Å². The molecule has 0 aliphatic carbocycles. The molecule has 0 saturated heterocycles. The normalized spacial score (nSPS) is 14.0. The Hall–Kier alpha value is 1.31. The zero-order valence-electron chi connectivity index (χ0n) is 13.1. The second kappa shape index (κ2) is 16.4. The largest absolute Gasteiger partial charge is 0.381 e. The summed E-state index contributed by atoms with van der Waals surface area (Å²) in [5.41, 5.74) is 0. The van der Waals surface area contributed by atoms with Gasteiger partial charge in [0, 0.05) is 54.1 Å². The number of rotatable bonds is 12. The Bertz CT molecular complexity index is 134. The van der Waals surface area contributed by atoms with Crippen molar-refractivity contribution in [3.63, 3.8) is 0 Å². The van der Waals surface area contributed by atoms with E-state index < -0.39 is 0 Å². The molecule has 0 aliphatic heterocycles. The third-order valence-corrected chi connectivity index (χ3v) is 3.79. The average Bonchev–Trinajstić information content (AvgIpc) is 2.37. The maximum absolute atomic E-state index is 5.93. The van der Waals surface area contributed by atoms with Crippen LogP contribution in [-0.4, -0.2) is 13.2 Å². The van der Waals surface area contributed by atoms with Gasteiger partial charge in [-0.2, -0.15) is 0 Å². The van der Waals surface area contributed by atoms with E-state index in [0.717, 1.165) is 25.0 Å². The zero-order chi connectivity index (χ0) is 12.9. The van der Waals surface area contributed by atoms with Crippen molar-refractivity contribution in [1.82, 2.24) is 0 Å². The first-order valence-corrected chi connectivity index (χ1v) is 7.86. The quantitative estimate of drug-likeness (QED) is 0.434. The SMILES string of the molecule is CCCCC(CC)COCC(CC)CCCC.[Nd]. The molecule has 0 aliphatic rings. The van der Waals surface area contributed by atoms with Gasteiger partial charge in [-0.25, -0.2) is 0 Å². The number of ether oxygens (including phenoxy) is 1. The van der Waals surface area contributed by atoms with Crippen LogP contribution in [0.2, 0.25) is 0 Å². The second-order valence-electron chi connectivity index (χ2n) is 5.37. The van der Waals surface area contributed by atoms with Crippen LogP contribution in [0, 0.1) is 52.7 Å². The predicted octanol–water partition coefficient (Wildman–Crippen LogP) is 5.44. The van der Waals surface area contributed by atoms with Gasteiger partial charge in [0.05, 0.1) is 0 Å². The summed E-state index contributed by atoms with van der Waals surface area (Å²) >= 11 is 0. The van der Waals surface area contributed by atoms with Gasteiger partial charge in [0.1, 0.15) is 0 Å². The molecule has 2 atom stereocenters. The molecule has 0 amide bonds. The molecular weight excluding hydrogens is 352 g/mol. The van der Waals surface area contributed by atoms with E-state index in [4.69, 9.17) is 4.74 Å². The first kappa shape index (κ1) is 21.6. The van der Waals surface area contributed by atoms with Gasteiger partial charge in [0.15, 0.2) is 0 Å². The number of unbranched alkanes of at least 4 members (excludes halogenated alkanes) is 2. The van der Waals surface area contributed by atoms with Crippen LogP contribution in [0.5, 0.6) is 0 Å². The molecule has 108 valence electrons. The van der Waals surface area contributed by atoms with Gasteiger partial charge in [-0.1, -0.05) is 66.2 Å². The van der Waals surface area contributed by atoms with Crippen LogP contribution in [0.4, 0.5) is 0 Å². The van der Waals surface area contributed by atoms with Crippen LogP contribution in [0.1, 0.15) is 79.1 Å². The molecular formula is C16H34NdO. The summed E-state index contributed by atoms with van der Waals surface area (Å²) in [6.45, 7) is 11.1. The van der Waals surface area contributed by atoms with Crippen molar-refractivity contribution in [2.24, 2.45) is 11.8 Å². The molecule has 2 heteroatoms. The third-order valence-electron chi connectivity index (χ3n) is 3.79. The fraction of sp³-hybridized carbons (Fsp3) is 1.00. The molecule has 0 aromatic heterocycles. The smallest absolute Gasteiger partial charge is 0.0494 e. The van der Waals surface area contributed by atoms with Crippen molar-refractivity contribution in [2.45, 2.75) is 79.1 Å². The molecule has 0 saturated carbocycles. The maximum Gasteiger partial charge on any atom is 0.0494 e. The van der Waals surface area contributed by atoms with Crippen LogP contribution in [0.25, 0.3) is 0 Å². The minimum absolute atomic E-state index is 0. The first-order chi connectivity index (χ1) is 8.28. The van der Waals surface area contributed by atoms with Gasteiger partial charge in [-0.05, 0) is 24.7 Å². The fourth-order valence-electron chi connectivity index (χ4n) is 2.20. The van der Waals surface area contributed by atoms with Gasteiger partial charge in [-0.15, -0.1) is 0 Å². The molecule has 0 bridgehead atoms. The van der Waals surface area contributed by atoms with E-state index in [0.29, 0.717) is 0 Å². The molecule has 0 aromatic carbocycles. The van der Waals surface area contributed by atoms with Crippen LogP contribution < -0.4 is 0 Å². The van der Waals surface area contributed by atoms with Gasteiger partial charge < -0.3 is 4.74 Å². The second-order valence-corrected chi connectivity index (χ2v) is 5.37. The minimum atomic E-state index is 0. The molecule has 0 spiro atoms.